The Morgan fingerprint density at radius 1 is 1.24 bits per heavy atom. The molecule has 2 heterocycles. The van der Waals surface area contributed by atoms with Crippen molar-refractivity contribution in [2.45, 2.75) is 52.1 Å². The minimum absolute atomic E-state index is 0.0136. The van der Waals surface area contributed by atoms with Crippen LogP contribution in [-0.4, -0.2) is 37.1 Å². The smallest absolute Gasteiger partial charge is 0.244 e. The number of nitrogens with one attached hydrogen (secondary N) is 1. The molecule has 1 N–H and O–H groups in total. The molecule has 0 bridgehead atoms. The fraction of sp³-hybridized carbons (Fsp3) is 0.545. The minimum atomic E-state index is -0.311. The first-order valence-electron chi connectivity index (χ1n) is 10.4. The molecule has 1 atom stereocenters. The van der Waals surface area contributed by atoms with Crippen LogP contribution >= 0.6 is 11.3 Å². The number of piperidine rings is 1. The largest absolute Gasteiger partial charge is 0.348 e. The average Bonchev–Trinajstić information content (AvgIpc) is 3.20. The van der Waals surface area contributed by atoms with Gasteiger partial charge in [0.1, 0.15) is 5.82 Å². The van der Waals surface area contributed by atoms with Crippen LogP contribution in [0.5, 0.6) is 0 Å². The van der Waals surface area contributed by atoms with Crippen molar-refractivity contribution in [1.29, 1.82) is 0 Å². The monoisotopic (exact) mass is 418 g/mol. The van der Waals surface area contributed by atoms with Gasteiger partial charge in [0.05, 0.1) is 18.3 Å². The van der Waals surface area contributed by atoms with Crippen molar-refractivity contribution < 1.29 is 9.18 Å². The molecule has 2 aromatic rings. The van der Waals surface area contributed by atoms with Crippen LogP contribution in [0.2, 0.25) is 0 Å². The highest BCUT2D eigenvalue weighted by Gasteiger charge is 2.26. The van der Waals surface area contributed by atoms with Gasteiger partial charge in [0.25, 0.3) is 0 Å². The lowest BCUT2D eigenvalue weighted by molar-refractivity contribution is -0.121. The fourth-order valence-corrected chi connectivity index (χ4v) is 4.55. The number of carbonyl (C=O) groups excluding carboxylic acids is 1. The third kappa shape index (κ3) is 5.76. The molecular formula is C22H31FN4OS. The Morgan fingerprint density at radius 2 is 1.93 bits per heavy atom. The summed E-state index contributed by atoms with van der Waals surface area (Å²) in [6.45, 7) is 6.68. The number of amides is 1. The van der Waals surface area contributed by atoms with Gasteiger partial charge in [0.15, 0.2) is 5.13 Å². The first kappa shape index (κ1) is 21.7. The van der Waals surface area contributed by atoms with E-state index >= 15 is 0 Å². The highest BCUT2D eigenvalue weighted by atomic mass is 32.1. The Bertz CT molecular complexity index is 786. The Hall–Kier alpha value is -1.99. The van der Waals surface area contributed by atoms with Gasteiger partial charge in [-0.05, 0) is 62.9 Å². The normalized spacial score (nSPS) is 15.6. The molecule has 1 unspecified atom stereocenters. The van der Waals surface area contributed by atoms with Crippen LogP contribution in [0.15, 0.2) is 29.6 Å². The van der Waals surface area contributed by atoms with E-state index in [4.69, 9.17) is 4.98 Å². The van der Waals surface area contributed by atoms with Crippen LogP contribution in [-0.2, 0) is 11.3 Å². The molecule has 3 rings (SSSR count). The van der Waals surface area contributed by atoms with Gasteiger partial charge in [-0.15, -0.1) is 11.3 Å². The van der Waals surface area contributed by atoms with Crippen molar-refractivity contribution >= 4 is 28.1 Å². The number of rotatable bonds is 8. The minimum Gasteiger partial charge on any atom is -0.348 e. The van der Waals surface area contributed by atoms with Gasteiger partial charge in [0.2, 0.25) is 5.91 Å². The molecule has 0 radical (unpaired) electrons. The maximum atomic E-state index is 13.5. The lowest BCUT2D eigenvalue weighted by Gasteiger charge is -2.28. The zero-order valence-electron chi connectivity index (χ0n) is 17.5. The molecule has 0 aliphatic carbocycles. The van der Waals surface area contributed by atoms with Crippen molar-refractivity contribution in [3.63, 3.8) is 0 Å². The lowest BCUT2D eigenvalue weighted by Crippen LogP contribution is -2.46. The molecule has 0 spiro atoms. The van der Waals surface area contributed by atoms with Crippen molar-refractivity contribution in [3.05, 3.63) is 41.2 Å². The van der Waals surface area contributed by atoms with Crippen LogP contribution < -0.4 is 15.1 Å². The summed E-state index contributed by atoms with van der Waals surface area (Å²) in [7, 11) is 1.81. The molecule has 7 heteroatoms. The number of hydrogen-bond acceptors (Lipinski definition) is 5. The van der Waals surface area contributed by atoms with Gasteiger partial charge in [0, 0.05) is 24.2 Å². The SMILES string of the molecule is CNC(CC(C)C)C(=O)N(Cc1csc(N2CCCCC2)n1)c1ccc(F)cc1. The molecule has 0 saturated carbocycles. The van der Waals surface area contributed by atoms with Crippen LogP contribution in [0.4, 0.5) is 15.2 Å². The first-order chi connectivity index (χ1) is 14.0. The number of halogens is 1. The summed E-state index contributed by atoms with van der Waals surface area (Å²) in [5, 5.41) is 6.20. The molecule has 1 fully saturated rings. The topological polar surface area (TPSA) is 48.5 Å². The Kier molecular flexibility index (Phi) is 7.61. The summed E-state index contributed by atoms with van der Waals surface area (Å²) in [4.78, 5) is 22.2. The lowest BCUT2D eigenvalue weighted by atomic mass is 10.0. The molecule has 1 aliphatic heterocycles. The summed E-state index contributed by atoms with van der Waals surface area (Å²) >= 11 is 1.63. The van der Waals surface area contributed by atoms with Crippen molar-refractivity contribution in [2.75, 3.05) is 29.9 Å². The number of nitrogens with zero attached hydrogens (tertiary/aromatic N) is 3. The Morgan fingerprint density at radius 3 is 2.55 bits per heavy atom. The third-order valence-electron chi connectivity index (χ3n) is 5.24. The molecule has 1 aromatic heterocycles. The predicted octanol–water partition coefficient (Wildman–Crippen LogP) is 4.44. The fourth-order valence-electron chi connectivity index (χ4n) is 3.68. The maximum Gasteiger partial charge on any atom is 0.244 e. The van der Waals surface area contributed by atoms with Gasteiger partial charge in [-0.25, -0.2) is 9.37 Å². The van der Waals surface area contributed by atoms with Crippen molar-refractivity contribution in [2.24, 2.45) is 5.92 Å². The van der Waals surface area contributed by atoms with Gasteiger partial charge < -0.3 is 15.1 Å². The summed E-state index contributed by atoms with van der Waals surface area (Å²) < 4.78 is 13.5. The summed E-state index contributed by atoms with van der Waals surface area (Å²) in [6, 6.07) is 5.82. The second kappa shape index (κ2) is 10.2. The number of thiazole rings is 1. The summed E-state index contributed by atoms with van der Waals surface area (Å²) in [5.74, 6) is 0.0614. The molecule has 1 saturated heterocycles. The van der Waals surface area contributed by atoms with Gasteiger partial charge >= 0.3 is 0 Å². The van der Waals surface area contributed by atoms with E-state index in [0.29, 0.717) is 18.2 Å². The van der Waals surface area contributed by atoms with E-state index in [9.17, 15) is 9.18 Å². The van der Waals surface area contributed by atoms with E-state index in [-0.39, 0.29) is 17.8 Å². The molecule has 1 aromatic carbocycles. The van der Waals surface area contributed by atoms with Crippen LogP contribution in [0.1, 0.15) is 45.2 Å². The highest BCUT2D eigenvalue weighted by molar-refractivity contribution is 7.13. The number of benzene rings is 1. The Labute approximate surface area is 176 Å². The number of anilines is 2. The maximum absolute atomic E-state index is 13.5. The second-order valence-electron chi connectivity index (χ2n) is 8.04. The van der Waals surface area contributed by atoms with Crippen molar-refractivity contribution in [1.82, 2.24) is 10.3 Å². The van der Waals surface area contributed by atoms with E-state index in [1.807, 2.05) is 12.4 Å². The number of carbonyl (C=O) groups is 1. The predicted molar refractivity (Wildman–Crippen MR) is 118 cm³/mol. The Balaban J connectivity index is 1.82. The molecule has 5 nitrogen and oxygen atoms in total. The standard InChI is InChI=1S/C22H31FN4OS/c1-16(2)13-20(24-3)21(28)27(19-9-7-17(23)8-10-19)14-18-15-29-22(25-18)26-11-5-4-6-12-26/h7-10,15-16,20,24H,4-6,11-14H2,1-3H3. The molecular weight excluding hydrogens is 387 g/mol. The molecule has 158 valence electrons. The summed E-state index contributed by atoms with van der Waals surface area (Å²) in [5.41, 5.74) is 1.56. The second-order valence-corrected chi connectivity index (χ2v) is 8.88. The zero-order chi connectivity index (χ0) is 20.8. The van der Waals surface area contributed by atoms with Gasteiger partial charge in [-0.2, -0.15) is 0 Å². The van der Waals surface area contributed by atoms with Crippen LogP contribution in [0.25, 0.3) is 0 Å². The number of hydrogen-bond donors (Lipinski definition) is 1. The number of aromatic nitrogens is 1. The third-order valence-corrected chi connectivity index (χ3v) is 6.19. The zero-order valence-corrected chi connectivity index (χ0v) is 18.3. The quantitative estimate of drug-likeness (QED) is 0.689. The average molecular weight is 419 g/mol. The van der Waals surface area contributed by atoms with E-state index < -0.39 is 0 Å². The molecule has 29 heavy (non-hydrogen) atoms. The van der Waals surface area contributed by atoms with Crippen LogP contribution in [0, 0.1) is 11.7 Å². The number of likely N-dealkylation sites (N-methyl/N-ethyl adjacent to an activating group) is 1. The highest BCUT2D eigenvalue weighted by Crippen LogP contribution is 2.26. The van der Waals surface area contributed by atoms with Gasteiger partial charge in [-0.1, -0.05) is 13.8 Å². The summed E-state index contributed by atoms with van der Waals surface area (Å²) in [6.07, 6.45) is 4.42. The van der Waals surface area contributed by atoms with Crippen LogP contribution in [0.3, 0.4) is 0 Å². The first-order valence-corrected chi connectivity index (χ1v) is 11.3. The molecule has 1 aliphatic rings. The van der Waals surface area contributed by atoms with E-state index in [1.165, 1.54) is 31.4 Å². The van der Waals surface area contributed by atoms with E-state index in [0.717, 1.165) is 30.3 Å². The van der Waals surface area contributed by atoms with Crippen molar-refractivity contribution in [3.8, 4) is 0 Å². The van der Waals surface area contributed by atoms with E-state index in [2.05, 4.69) is 24.1 Å². The van der Waals surface area contributed by atoms with Gasteiger partial charge in [-0.3, -0.25) is 4.79 Å². The van der Waals surface area contributed by atoms with E-state index in [1.54, 1.807) is 28.4 Å². The molecule has 1 amide bonds.